The molecule has 0 radical (unpaired) electrons. The molecule has 232 valence electrons. The normalized spacial score (nSPS) is 11.8. The Morgan fingerprint density at radius 1 is 0.955 bits per heavy atom. The number of ether oxygens (including phenoxy) is 1. The second-order valence-electron chi connectivity index (χ2n) is 11.6. The molecule has 0 spiro atoms. The number of rotatable bonds is 10. The number of pyridine rings is 3. The van der Waals surface area contributed by atoms with Gasteiger partial charge in [0.05, 0.1) is 34.0 Å². The van der Waals surface area contributed by atoms with Crippen LogP contribution in [0.25, 0.3) is 22.3 Å². The van der Waals surface area contributed by atoms with Gasteiger partial charge in [-0.15, -0.1) is 0 Å². The number of carbonyl (C=O) groups is 2. The molecule has 0 aliphatic heterocycles. The van der Waals surface area contributed by atoms with Gasteiger partial charge in [0.15, 0.2) is 9.84 Å². The number of nitrogens with one attached hydrogen (secondary N) is 2. The first kappa shape index (κ1) is 32.5. The van der Waals surface area contributed by atoms with E-state index in [1.807, 2.05) is 6.07 Å². The minimum atomic E-state index is -3.48. The molecule has 3 aromatic heterocycles. The summed E-state index contributed by atoms with van der Waals surface area (Å²) in [5, 5.41) is 6.25. The molecule has 3 heterocycles. The third-order valence-electron chi connectivity index (χ3n) is 6.59. The van der Waals surface area contributed by atoms with Crippen LogP contribution in [0, 0.1) is 12.9 Å². The fourth-order valence-corrected chi connectivity index (χ4v) is 5.49. The zero-order valence-electron chi connectivity index (χ0n) is 25.4. The van der Waals surface area contributed by atoms with Crippen LogP contribution in [-0.4, -0.2) is 53.8 Å². The number of fused-ring (bicyclic) bond motifs is 1. The molecule has 0 aliphatic rings. The molecular formula is C32H36FN5O5S. The fourth-order valence-electron chi connectivity index (χ4n) is 4.50. The van der Waals surface area contributed by atoms with E-state index < -0.39 is 33.4 Å². The molecule has 0 atom stereocenters. The van der Waals surface area contributed by atoms with Crippen LogP contribution in [0.3, 0.4) is 0 Å². The number of hydrogen-bond acceptors (Lipinski definition) is 8. The van der Waals surface area contributed by atoms with Gasteiger partial charge in [-0.1, -0.05) is 6.07 Å². The highest BCUT2D eigenvalue weighted by Crippen LogP contribution is 2.22. The molecule has 4 aromatic rings. The molecule has 2 N–H and O–H groups in total. The average molecular weight is 622 g/mol. The minimum Gasteiger partial charge on any atom is -0.444 e. The van der Waals surface area contributed by atoms with E-state index in [-0.39, 0.29) is 17.0 Å². The van der Waals surface area contributed by atoms with E-state index in [2.05, 4.69) is 25.6 Å². The summed E-state index contributed by atoms with van der Waals surface area (Å²) >= 11 is 0. The lowest BCUT2D eigenvalue weighted by atomic mass is 10.1. The number of nitrogens with zero attached hydrogens (tertiary/aromatic N) is 3. The van der Waals surface area contributed by atoms with Crippen molar-refractivity contribution in [3.05, 3.63) is 83.1 Å². The van der Waals surface area contributed by atoms with E-state index >= 15 is 0 Å². The highest BCUT2D eigenvalue weighted by Gasteiger charge is 2.16. The Morgan fingerprint density at radius 3 is 2.45 bits per heavy atom. The van der Waals surface area contributed by atoms with Crippen LogP contribution in [0.5, 0.6) is 0 Å². The van der Waals surface area contributed by atoms with Gasteiger partial charge in [0, 0.05) is 29.9 Å². The quantitative estimate of drug-likeness (QED) is 0.179. The Kier molecular flexibility index (Phi) is 9.93. The first-order valence-electron chi connectivity index (χ1n) is 14.2. The molecule has 0 bridgehead atoms. The smallest absolute Gasteiger partial charge is 0.407 e. The predicted octanol–water partition coefficient (Wildman–Crippen LogP) is 5.32. The van der Waals surface area contributed by atoms with Crippen molar-refractivity contribution in [1.29, 1.82) is 0 Å². The van der Waals surface area contributed by atoms with Gasteiger partial charge in [-0.3, -0.25) is 9.78 Å². The molecule has 10 nitrogen and oxygen atoms in total. The van der Waals surface area contributed by atoms with Gasteiger partial charge < -0.3 is 15.4 Å². The van der Waals surface area contributed by atoms with Gasteiger partial charge in [-0.05, 0) is 101 Å². The summed E-state index contributed by atoms with van der Waals surface area (Å²) in [6.45, 7) is 7.62. The Morgan fingerprint density at radius 2 is 1.73 bits per heavy atom. The van der Waals surface area contributed by atoms with Crippen LogP contribution in [0.2, 0.25) is 0 Å². The van der Waals surface area contributed by atoms with Crippen molar-refractivity contribution in [3.8, 4) is 11.4 Å². The van der Waals surface area contributed by atoms with Crippen LogP contribution >= 0.6 is 0 Å². The van der Waals surface area contributed by atoms with Gasteiger partial charge in [0.25, 0.3) is 5.91 Å². The second-order valence-corrected chi connectivity index (χ2v) is 13.6. The van der Waals surface area contributed by atoms with Crippen molar-refractivity contribution >= 4 is 32.7 Å². The molecule has 0 fully saturated rings. The van der Waals surface area contributed by atoms with Crippen LogP contribution < -0.4 is 10.6 Å². The molecule has 4 rings (SSSR count). The zero-order valence-corrected chi connectivity index (χ0v) is 26.2. The van der Waals surface area contributed by atoms with Crippen molar-refractivity contribution in [1.82, 2.24) is 25.6 Å². The highest BCUT2D eigenvalue weighted by molar-refractivity contribution is 7.90. The van der Waals surface area contributed by atoms with Gasteiger partial charge in [0.1, 0.15) is 5.60 Å². The molecule has 0 saturated carbocycles. The van der Waals surface area contributed by atoms with E-state index in [1.165, 1.54) is 12.1 Å². The lowest BCUT2D eigenvalue weighted by Crippen LogP contribution is -2.33. The Balaban J connectivity index is 1.41. The van der Waals surface area contributed by atoms with Crippen molar-refractivity contribution in [2.45, 2.75) is 64.0 Å². The summed E-state index contributed by atoms with van der Waals surface area (Å²) in [4.78, 5) is 37.7. The number of amides is 2. The van der Waals surface area contributed by atoms with Crippen molar-refractivity contribution in [2.75, 3.05) is 12.8 Å². The Bertz CT molecular complexity index is 1810. The molecule has 2 amide bonds. The number of unbranched alkanes of at least 4 members (excludes halogenated alkanes) is 1. The van der Waals surface area contributed by atoms with E-state index in [1.54, 1.807) is 64.2 Å². The van der Waals surface area contributed by atoms with Crippen molar-refractivity contribution in [3.63, 3.8) is 0 Å². The third-order valence-corrected chi connectivity index (χ3v) is 7.83. The topological polar surface area (TPSA) is 140 Å². The first-order valence-corrected chi connectivity index (χ1v) is 16.1. The molecule has 1 aromatic carbocycles. The van der Waals surface area contributed by atoms with Crippen LogP contribution in [0.15, 0.2) is 59.6 Å². The number of halogens is 1. The van der Waals surface area contributed by atoms with Crippen LogP contribution in [0.1, 0.15) is 60.8 Å². The number of benzene rings is 1. The third kappa shape index (κ3) is 9.03. The zero-order chi connectivity index (χ0) is 32.1. The number of aryl methyl sites for hydroxylation is 2. The SMILES string of the molecule is Cc1ccc(C(=O)NCc2cc3nc(-c4cc(CCCCNC(=O)OC(C)(C)C)cc(F)n4)ccc3cn2)cc1S(C)(=O)=O. The lowest BCUT2D eigenvalue weighted by Gasteiger charge is -2.19. The predicted molar refractivity (Wildman–Crippen MR) is 165 cm³/mol. The fraction of sp³-hybridized carbons (Fsp3) is 0.344. The van der Waals surface area contributed by atoms with Gasteiger partial charge in [0.2, 0.25) is 5.95 Å². The molecule has 44 heavy (non-hydrogen) atoms. The van der Waals surface area contributed by atoms with Crippen LogP contribution in [0.4, 0.5) is 9.18 Å². The Labute approximate surface area is 256 Å². The maximum Gasteiger partial charge on any atom is 0.407 e. The summed E-state index contributed by atoms with van der Waals surface area (Å²) < 4.78 is 43.8. The first-order chi connectivity index (χ1) is 20.7. The number of carbonyl (C=O) groups excluding carboxylic acids is 2. The summed E-state index contributed by atoms with van der Waals surface area (Å²) in [7, 11) is -3.48. The standard InChI is InChI=1S/C32H36FN5O5S/c1-20-9-10-22(16-28(20)44(5,41)42)30(39)36-19-24-17-26-23(18-35-24)11-12-25(37-26)27-14-21(15-29(33)38-27)8-6-7-13-34-31(40)43-32(2,3)4/h9-12,14-18H,6-8,13,19H2,1-5H3,(H,34,40)(H,36,39). The summed E-state index contributed by atoms with van der Waals surface area (Å²) in [6.07, 6.45) is 4.29. The van der Waals surface area contributed by atoms with Crippen LogP contribution in [-0.2, 0) is 27.5 Å². The lowest BCUT2D eigenvalue weighted by molar-refractivity contribution is 0.0527. The largest absolute Gasteiger partial charge is 0.444 e. The monoisotopic (exact) mass is 621 g/mol. The molecule has 0 unspecified atom stereocenters. The summed E-state index contributed by atoms with van der Waals surface area (Å²) in [6, 6.07) is 13.0. The van der Waals surface area contributed by atoms with E-state index in [0.717, 1.165) is 23.6 Å². The van der Waals surface area contributed by atoms with Gasteiger partial charge >= 0.3 is 6.09 Å². The number of alkyl carbamates (subject to hydrolysis) is 1. The van der Waals surface area contributed by atoms with Gasteiger partial charge in [-0.2, -0.15) is 4.39 Å². The van der Waals surface area contributed by atoms with E-state index in [0.29, 0.717) is 47.5 Å². The second kappa shape index (κ2) is 13.5. The molecule has 0 aliphatic carbocycles. The molecule has 12 heteroatoms. The van der Waals surface area contributed by atoms with Gasteiger partial charge in [-0.25, -0.2) is 23.2 Å². The maximum absolute atomic E-state index is 14.5. The summed E-state index contributed by atoms with van der Waals surface area (Å²) in [5.41, 5.74) is 3.01. The summed E-state index contributed by atoms with van der Waals surface area (Å²) in [5.74, 6) is -1.05. The van der Waals surface area contributed by atoms with Crippen molar-refractivity contribution in [2.24, 2.45) is 0 Å². The Hall–Kier alpha value is -4.45. The number of hydrogen-bond donors (Lipinski definition) is 2. The maximum atomic E-state index is 14.5. The average Bonchev–Trinajstić information content (AvgIpc) is 2.93. The number of aromatic nitrogens is 3. The molecular weight excluding hydrogens is 585 g/mol. The molecule has 0 saturated heterocycles. The number of sulfone groups is 1. The minimum absolute atomic E-state index is 0.0912. The van der Waals surface area contributed by atoms with E-state index in [9.17, 15) is 22.4 Å². The van der Waals surface area contributed by atoms with Crippen molar-refractivity contribution < 1.29 is 27.1 Å². The highest BCUT2D eigenvalue weighted by atomic mass is 32.2. The van der Waals surface area contributed by atoms with E-state index in [4.69, 9.17) is 4.74 Å².